The van der Waals surface area contributed by atoms with Crippen LogP contribution >= 0.6 is 11.6 Å². The number of benzene rings is 1. The van der Waals surface area contributed by atoms with E-state index >= 15 is 0 Å². The maximum absolute atomic E-state index is 13.9. The summed E-state index contributed by atoms with van der Waals surface area (Å²) in [6.45, 7) is 3.39. The van der Waals surface area contributed by atoms with Gasteiger partial charge in [0.2, 0.25) is 0 Å². The minimum absolute atomic E-state index is 0.0546. The summed E-state index contributed by atoms with van der Waals surface area (Å²) < 4.78 is 15.2. The molecule has 92 valence electrons. The Morgan fingerprint density at radius 2 is 2.11 bits per heavy atom. The van der Waals surface area contributed by atoms with Crippen LogP contribution in [-0.4, -0.2) is 14.9 Å². The van der Waals surface area contributed by atoms with Gasteiger partial charge in [-0.1, -0.05) is 11.6 Å². The lowest BCUT2D eigenvalue weighted by Crippen LogP contribution is -2.02. The Morgan fingerprint density at radius 3 is 2.61 bits per heavy atom. The van der Waals surface area contributed by atoms with Gasteiger partial charge in [0.25, 0.3) is 0 Å². The van der Waals surface area contributed by atoms with Gasteiger partial charge in [-0.25, -0.2) is 9.07 Å². The van der Waals surface area contributed by atoms with E-state index in [4.69, 9.17) is 16.9 Å². The maximum atomic E-state index is 13.9. The monoisotopic (exact) mass is 265 g/mol. The first kappa shape index (κ1) is 12.4. The van der Waals surface area contributed by atoms with Crippen LogP contribution in [0.4, 0.5) is 4.39 Å². The molecule has 18 heavy (non-hydrogen) atoms. The van der Waals surface area contributed by atoms with Gasteiger partial charge in [-0.3, -0.25) is 0 Å². The highest BCUT2D eigenvalue weighted by atomic mass is 35.5. The molecule has 1 aromatic carbocycles. The van der Waals surface area contributed by atoms with Crippen molar-refractivity contribution in [1.82, 2.24) is 9.78 Å². The second kappa shape index (κ2) is 4.31. The van der Waals surface area contributed by atoms with Crippen molar-refractivity contribution in [3.05, 3.63) is 39.9 Å². The molecule has 0 saturated carbocycles. The lowest BCUT2D eigenvalue weighted by atomic mass is 10.2. The van der Waals surface area contributed by atoms with E-state index in [1.165, 1.54) is 4.68 Å². The van der Waals surface area contributed by atoms with Crippen molar-refractivity contribution in [1.29, 1.82) is 5.26 Å². The fraction of sp³-hybridized carbons (Fsp3) is 0.167. The van der Waals surface area contributed by atoms with Crippen LogP contribution in [0.1, 0.15) is 17.0 Å². The molecule has 2 rings (SSSR count). The van der Waals surface area contributed by atoms with Crippen LogP contribution in [0.15, 0.2) is 12.1 Å². The van der Waals surface area contributed by atoms with Gasteiger partial charge in [-0.05, 0) is 19.9 Å². The van der Waals surface area contributed by atoms with Crippen molar-refractivity contribution in [3.8, 4) is 17.5 Å². The highest BCUT2D eigenvalue weighted by Gasteiger charge is 2.16. The molecule has 1 heterocycles. The molecule has 0 amide bonds. The Bertz CT molecular complexity index is 673. The van der Waals surface area contributed by atoms with Crippen LogP contribution in [0, 0.1) is 31.0 Å². The zero-order chi connectivity index (χ0) is 13.4. The topological polar surface area (TPSA) is 61.8 Å². The molecule has 0 aliphatic carbocycles. The maximum Gasteiger partial charge on any atom is 0.150 e. The van der Waals surface area contributed by atoms with Crippen molar-refractivity contribution in [2.45, 2.75) is 13.8 Å². The van der Waals surface area contributed by atoms with Gasteiger partial charge >= 0.3 is 0 Å². The fourth-order valence-electron chi connectivity index (χ4n) is 1.66. The summed E-state index contributed by atoms with van der Waals surface area (Å²) in [7, 11) is 0. The zero-order valence-electron chi connectivity index (χ0n) is 9.70. The molecular weight excluding hydrogens is 257 g/mol. The van der Waals surface area contributed by atoms with Crippen molar-refractivity contribution in [2.24, 2.45) is 0 Å². The van der Waals surface area contributed by atoms with E-state index in [2.05, 4.69) is 5.10 Å². The third kappa shape index (κ3) is 1.81. The van der Waals surface area contributed by atoms with E-state index in [1.54, 1.807) is 19.9 Å². The molecule has 1 N–H and O–H groups in total. The van der Waals surface area contributed by atoms with E-state index in [1.807, 2.05) is 0 Å². The second-order valence-electron chi connectivity index (χ2n) is 3.83. The SMILES string of the molecule is Cc1nn(-c2cc(O)c(C#N)cc2F)c(C)c1Cl. The van der Waals surface area contributed by atoms with E-state index < -0.39 is 5.82 Å². The van der Waals surface area contributed by atoms with Gasteiger partial charge in [-0.2, -0.15) is 10.4 Å². The van der Waals surface area contributed by atoms with Crippen LogP contribution in [0.5, 0.6) is 5.75 Å². The predicted molar refractivity (Wildman–Crippen MR) is 64.4 cm³/mol. The molecule has 0 bridgehead atoms. The number of halogens is 2. The van der Waals surface area contributed by atoms with E-state index in [0.717, 1.165) is 12.1 Å². The normalized spacial score (nSPS) is 10.4. The fourth-order valence-corrected chi connectivity index (χ4v) is 1.78. The van der Waals surface area contributed by atoms with Gasteiger partial charge in [0.15, 0.2) is 0 Å². The summed E-state index contributed by atoms with van der Waals surface area (Å²) in [5.41, 5.74) is 1.07. The van der Waals surface area contributed by atoms with Crippen molar-refractivity contribution in [2.75, 3.05) is 0 Å². The minimum atomic E-state index is -0.647. The lowest BCUT2D eigenvalue weighted by molar-refractivity contribution is 0.470. The summed E-state index contributed by atoms with van der Waals surface area (Å²) in [4.78, 5) is 0. The predicted octanol–water partition coefficient (Wildman–Crippen LogP) is 2.86. The summed E-state index contributed by atoms with van der Waals surface area (Å²) in [6.07, 6.45) is 0. The summed E-state index contributed by atoms with van der Waals surface area (Å²) in [6, 6.07) is 3.82. The highest BCUT2D eigenvalue weighted by Crippen LogP contribution is 2.27. The molecule has 0 atom stereocenters. The van der Waals surface area contributed by atoms with E-state index in [0.29, 0.717) is 16.4 Å². The number of hydrogen-bond acceptors (Lipinski definition) is 3. The average molecular weight is 266 g/mol. The van der Waals surface area contributed by atoms with Crippen LogP contribution in [0.3, 0.4) is 0 Å². The van der Waals surface area contributed by atoms with Gasteiger partial charge in [-0.15, -0.1) is 0 Å². The summed E-state index contributed by atoms with van der Waals surface area (Å²) in [5.74, 6) is -0.941. The van der Waals surface area contributed by atoms with E-state index in [9.17, 15) is 9.50 Å². The van der Waals surface area contributed by atoms with Gasteiger partial charge in [0.05, 0.1) is 22.0 Å². The lowest BCUT2D eigenvalue weighted by Gasteiger charge is -2.07. The molecule has 0 spiro atoms. The Labute approximate surface area is 108 Å². The Hall–Kier alpha value is -2.06. The van der Waals surface area contributed by atoms with Crippen LogP contribution in [0.25, 0.3) is 5.69 Å². The molecule has 2 aromatic rings. The number of aryl methyl sites for hydroxylation is 1. The summed E-state index contributed by atoms with van der Waals surface area (Å²) >= 11 is 5.98. The number of rotatable bonds is 1. The molecule has 1 aromatic heterocycles. The number of nitriles is 1. The van der Waals surface area contributed by atoms with Gasteiger partial charge in [0.1, 0.15) is 23.3 Å². The average Bonchev–Trinajstić information content (AvgIpc) is 2.59. The van der Waals surface area contributed by atoms with Crippen molar-refractivity contribution < 1.29 is 9.50 Å². The van der Waals surface area contributed by atoms with Crippen LogP contribution < -0.4 is 0 Å². The number of hydrogen-bond donors (Lipinski definition) is 1. The Morgan fingerprint density at radius 1 is 1.44 bits per heavy atom. The van der Waals surface area contributed by atoms with Crippen molar-refractivity contribution in [3.63, 3.8) is 0 Å². The minimum Gasteiger partial charge on any atom is -0.506 e. The van der Waals surface area contributed by atoms with Crippen LogP contribution in [-0.2, 0) is 0 Å². The van der Waals surface area contributed by atoms with Crippen LogP contribution in [0.2, 0.25) is 5.02 Å². The first-order valence-electron chi connectivity index (χ1n) is 5.10. The molecule has 0 radical (unpaired) electrons. The molecule has 4 nitrogen and oxygen atoms in total. The number of nitrogens with zero attached hydrogens (tertiary/aromatic N) is 3. The number of aromatic nitrogens is 2. The number of aromatic hydroxyl groups is 1. The molecule has 0 aliphatic heterocycles. The standard InChI is InChI=1S/C12H9ClFN3O/c1-6-12(13)7(2)17(16-6)10-4-11(18)8(5-15)3-9(10)14/h3-4,18H,1-2H3. The quantitative estimate of drug-likeness (QED) is 0.862. The molecule has 0 aliphatic rings. The molecule has 6 heteroatoms. The summed E-state index contributed by atoms with van der Waals surface area (Å²) in [5, 5.41) is 22.8. The Kier molecular flexibility index (Phi) is 2.97. The second-order valence-corrected chi connectivity index (χ2v) is 4.21. The Balaban J connectivity index is 2.69. The third-order valence-electron chi connectivity index (χ3n) is 2.62. The molecular formula is C12H9ClFN3O. The number of phenolic OH excluding ortho intramolecular Hbond substituents is 1. The largest absolute Gasteiger partial charge is 0.506 e. The zero-order valence-corrected chi connectivity index (χ0v) is 10.5. The smallest absolute Gasteiger partial charge is 0.150 e. The first-order chi connectivity index (χ1) is 8.45. The number of phenols is 1. The van der Waals surface area contributed by atoms with Gasteiger partial charge in [0, 0.05) is 6.07 Å². The van der Waals surface area contributed by atoms with E-state index in [-0.39, 0.29) is 17.0 Å². The molecule has 0 saturated heterocycles. The molecule has 0 unspecified atom stereocenters. The highest BCUT2D eigenvalue weighted by molar-refractivity contribution is 6.31. The molecule has 0 fully saturated rings. The third-order valence-corrected chi connectivity index (χ3v) is 3.16. The first-order valence-corrected chi connectivity index (χ1v) is 5.48. The van der Waals surface area contributed by atoms with Crippen molar-refractivity contribution >= 4 is 11.6 Å². The van der Waals surface area contributed by atoms with Gasteiger partial charge < -0.3 is 5.11 Å².